The van der Waals surface area contributed by atoms with Crippen LogP contribution in [-0.2, 0) is 11.3 Å². The smallest absolute Gasteiger partial charge is 0.222 e. The van der Waals surface area contributed by atoms with E-state index in [-0.39, 0.29) is 11.9 Å². The third-order valence-electron chi connectivity index (χ3n) is 3.22. The number of carbonyl (C=O) groups is 1. The Hall–Kier alpha value is -2.25. The number of rotatable bonds is 4. The first-order valence-electron chi connectivity index (χ1n) is 6.29. The lowest BCUT2D eigenvalue weighted by atomic mass is 10.1. The van der Waals surface area contributed by atoms with Crippen molar-refractivity contribution in [2.24, 2.45) is 0 Å². The summed E-state index contributed by atoms with van der Waals surface area (Å²) in [4.78, 5) is 14.8. The molecule has 3 heterocycles. The molecule has 3 rings (SSSR count). The van der Waals surface area contributed by atoms with Gasteiger partial charge >= 0.3 is 0 Å². The predicted octanol–water partition coefficient (Wildman–Crippen LogP) is -0.289. The fourth-order valence-corrected chi connectivity index (χ4v) is 2.08. The van der Waals surface area contributed by atoms with Gasteiger partial charge in [-0.05, 0) is 0 Å². The highest BCUT2D eigenvalue weighted by Crippen LogP contribution is 2.20. The molecule has 0 spiro atoms. The summed E-state index contributed by atoms with van der Waals surface area (Å²) in [6.45, 7) is 3.82. The summed E-state index contributed by atoms with van der Waals surface area (Å²) in [6.07, 6.45) is 5.71. The van der Waals surface area contributed by atoms with Crippen LogP contribution < -0.4 is 0 Å². The SMILES string of the molecule is CCC(=O)N1CC(n2cc(Cn3nccn3)nn2)C1. The van der Waals surface area contributed by atoms with E-state index in [1.807, 2.05) is 22.7 Å². The highest BCUT2D eigenvalue weighted by Gasteiger charge is 2.31. The number of amides is 1. The van der Waals surface area contributed by atoms with E-state index < -0.39 is 0 Å². The topological polar surface area (TPSA) is 81.7 Å². The van der Waals surface area contributed by atoms with Crippen LogP contribution in [0.2, 0.25) is 0 Å². The van der Waals surface area contributed by atoms with Crippen molar-refractivity contribution in [3.05, 3.63) is 24.3 Å². The van der Waals surface area contributed by atoms with Crippen molar-refractivity contribution >= 4 is 5.91 Å². The van der Waals surface area contributed by atoms with Gasteiger partial charge in [-0.2, -0.15) is 15.0 Å². The van der Waals surface area contributed by atoms with Gasteiger partial charge in [0.25, 0.3) is 0 Å². The van der Waals surface area contributed by atoms with Gasteiger partial charge in [0, 0.05) is 19.5 Å². The van der Waals surface area contributed by atoms with Gasteiger partial charge in [0.1, 0.15) is 12.2 Å². The molecular weight excluding hydrogens is 246 g/mol. The average molecular weight is 261 g/mol. The molecule has 19 heavy (non-hydrogen) atoms. The van der Waals surface area contributed by atoms with Crippen molar-refractivity contribution in [3.8, 4) is 0 Å². The third kappa shape index (κ3) is 2.33. The lowest BCUT2D eigenvalue weighted by Crippen LogP contribution is -2.50. The van der Waals surface area contributed by atoms with E-state index in [9.17, 15) is 4.79 Å². The summed E-state index contributed by atoms with van der Waals surface area (Å²) in [5.41, 5.74) is 0.816. The molecule has 1 fully saturated rings. The van der Waals surface area contributed by atoms with Crippen LogP contribution in [0.5, 0.6) is 0 Å². The Morgan fingerprint density at radius 1 is 1.37 bits per heavy atom. The number of aromatic nitrogens is 6. The molecule has 0 unspecified atom stereocenters. The lowest BCUT2D eigenvalue weighted by Gasteiger charge is -2.38. The standard InChI is InChI=1S/C11H15N7O/c1-2-11(19)16-7-10(8-16)17-5-9(14-15-17)6-18-12-3-4-13-18/h3-5,10H,2,6-8H2,1H3. The Morgan fingerprint density at radius 2 is 2.11 bits per heavy atom. The Labute approximate surface area is 110 Å². The second-order valence-electron chi connectivity index (χ2n) is 4.56. The van der Waals surface area contributed by atoms with Gasteiger partial charge in [0.2, 0.25) is 5.91 Å². The molecule has 0 radical (unpaired) electrons. The molecule has 1 amide bonds. The van der Waals surface area contributed by atoms with Gasteiger partial charge in [-0.3, -0.25) is 4.79 Å². The molecular formula is C11H15N7O. The molecule has 0 atom stereocenters. The van der Waals surface area contributed by atoms with Gasteiger partial charge in [-0.25, -0.2) is 4.68 Å². The number of nitrogens with zero attached hydrogens (tertiary/aromatic N) is 7. The molecule has 0 aliphatic carbocycles. The molecule has 2 aromatic heterocycles. The molecule has 0 bridgehead atoms. The first-order chi connectivity index (χ1) is 9.26. The molecule has 8 heteroatoms. The molecule has 8 nitrogen and oxygen atoms in total. The zero-order valence-corrected chi connectivity index (χ0v) is 10.7. The maximum absolute atomic E-state index is 11.4. The molecule has 2 aromatic rings. The highest BCUT2D eigenvalue weighted by atomic mass is 16.2. The van der Waals surface area contributed by atoms with E-state index in [4.69, 9.17) is 0 Å². The first kappa shape index (κ1) is 11.8. The Bertz CT molecular complexity index is 555. The maximum atomic E-state index is 11.4. The van der Waals surface area contributed by atoms with Gasteiger partial charge in [-0.1, -0.05) is 12.1 Å². The quantitative estimate of drug-likeness (QED) is 0.755. The van der Waals surface area contributed by atoms with Gasteiger partial charge in [0.05, 0.1) is 24.6 Å². The Balaban J connectivity index is 1.59. The first-order valence-corrected chi connectivity index (χ1v) is 6.29. The zero-order chi connectivity index (χ0) is 13.2. The lowest BCUT2D eigenvalue weighted by molar-refractivity contribution is -0.136. The van der Waals surface area contributed by atoms with Gasteiger partial charge < -0.3 is 4.90 Å². The van der Waals surface area contributed by atoms with Crippen molar-refractivity contribution in [1.82, 2.24) is 34.9 Å². The molecule has 0 aromatic carbocycles. The van der Waals surface area contributed by atoms with E-state index in [1.165, 1.54) is 0 Å². The van der Waals surface area contributed by atoms with Crippen LogP contribution in [0.25, 0.3) is 0 Å². The second kappa shape index (κ2) is 4.79. The maximum Gasteiger partial charge on any atom is 0.222 e. The highest BCUT2D eigenvalue weighted by molar-refractivity contribution is 5.76. The molecule has 0 saturated carbocycles. The van der Waals surface area contributed by atoms with Crippen molar-refractivity contribution in [3.63, 3.8) is 0 Å². The fraction of sp³-hybridized carbons (Fsp3) is 0.545. The van der Waals surface area contributed by atoms with Crippen LogP contribution in [0.1, 0.15) is 25.1 Å². The largest absolute Gasteiger partial charge is 0.338 e. The Kier molecular flexibility index (Phi) is 2.98. The Morgan fingerprint density at radius 3 is 2.79 bits per heavy atom. The third-order valence-corrected chi connectivity index (χ3v) is 3.22. The number of hydrogen-bond donors (Lipinski definition) is 0. The zero-order valence-electron chi connectivity index (χ0n) is 10.7. The average Bonchev–Trinajstić information content (AvgIpc) is 3.00. The summed E-state index contributed by atoms with van der Waals surface area (Å²) in [5.74, 6) is 0.192. The fourth-order valence-electron chi connectivity index (χ4n) is 2.08. The van der Waals surface area contributed by atoms with E-state index in [2.05, 4.69) is 20.5 Å². The normalized spacial score (nSPS) is 15.5. The minimum absolute atomic E-state index is 0.192. The summed E-state index contributed by atoms with van der Waals surface area (Å²) < 4.78 is 1.82. The van der Waals surface area contributed by atoms with Crippen molar-refractivity contribution in [2.75, 3.05) is 13.1 Å². The van der Waals surface area contributed by atoms with Crippen molar-refractivity contribution < 1.29 is 4.79 Å². The summed E-state index contributed by atoms with van der Waals surface area (Å²) >= 11 is 0. The summed E-state index contributed by atoms with van der Waals surface area (Å²) in [6, 6.07) is 0.238. The van der Waals surface area contributed by atoms with Crippen LogP contribution in [0.15, 0.2) is 18.6 Å². The minimum Gasteiger partial charge on any atom is -0.338 e. The second-order valence-corrected chi connectivity index (χ2v) is 4.56. The molecule has 1 saturated heterocycles. The van der Waals surface area contributed by atoms with E-state index >= 15 is 0 Å². The molecule has 1 aliphatic rings. The number of carbonyl (C=O) groups excluding carboxylic acids is 1. The van der Waals surface area contributed by atoms with Crippen molar-refractivity contribution in [1.29, 1.82) is 0 Å². The van der Waals surface area contributed by atoms with Crippen LogP contribution in [0.3, 0.4) is 0 Å². The van der Waals surface area contributed by atoms with Gasteiger partial charge in [0.15, 0.2) is 0 Å². The predicted molar refractivity (Wildman–Crippen MR) is 65.1 cm³/mol. The van der Waals surface area contributed by atoms with E-state index in [0.29, 0.717) is 13.0 Å². The van der Waals surface area contributed by atoms with Crippen molar-refractivity contribution in [2.45, 2.75) is 25.9 Å². The molecule has 0 N–H and O–H groups in total. The van der Waals surface area contributed by atoms with E-state index in [1.54, 1.807) is 17.2 Å². The summed E-state index contributed by atoms with van der Waals surface area (Å²) in [5, 5.41) is 16.2. The summed E-state index contributed by atoms with van der Waals surface area (Å²) in [7, 11) is 0. The van der Waals surface area contributed by atoms with Crippen LogP contribution in [-0.4, -0.2) is 53.9 Å². The van der Waals surface area contributed by atoms with Crippen LogP contribution in [0.4, 0.5) is 0 Å². The van der Waals surface area contributed by atoms with E-state index in [0.717, 1.165) is 18.8 Å². The van der Waals surface area contributed by atoms with Crippen LogP contribution >= 0.6 is 0 Å². The monoisotopic (exact) mass is 261 g/mol. The molecule has 100 valence electrons. The number of likely N-dealkylation sites (tertiary alicyclic amines) is 1. The molecule has 1 aliphatic heterocycles. The van der Waals surface area contributed by atoms with Crippen LogP contribution in [0, 0.1) is 0 Å². The number of hydrogen-bond acceptors (Lipinski definition) is 5. The van der Waals surface area contributed by atoms with Gasteiger partial charge in [-0.15, -0.1) is 5.10 Å². The minimum atomic E-state index is 0.192.